The van der Waals surface area contributed by atoms with Crippen LogP contribution in [0.1, 0.15) is 24.5 Å². The number of aryl methyl sites for hydroxylation is 2. The van der Waals surface area contributed by atoms with Crippen molar-refractivity contribution in [1.29, 1.82) is 0 Å². The van der Waals surface area contributed by atoms with Crippen molar-refractivity contribution in [2.75, 3.05) is 18.6 Å². The zero-order chi connectivity index (χ0) is 19.8. The quantitative estimate of drug-likeness (QED) is 0.700. The van der Waals surface area contributed by atoms with Gasteiger partial charge in [-0.05, 0) is 39.3 Å². The van der Waals surface area contributed by atoms with E-state index in [0.29, 0.717) is 17.5 Å². The number of rotatable bonds is 5. The molecule has 0 N–H and O–H groups in total. The van der Waals surface area contributed by atoms with Crippen molar-refractivity contribution >= 4 is 27.5 Å². The number of amides is 1. The van der Waals surface area contributed by atoms with E-state index in [4.69, 9.17) is 4.42 Å². The number of carbonyl (C=O) groups is 1. The first-order valence-corrected chi connectivity index (χ1v) is 11.4. The van der Waals surface area contributed by atoms with Crippen molar-refractivity contribution in [3.05, 3.63) is 29.3 Å². The SMILES string of the molecule is Cc1cc(C)cc(-c2nnc(S[C@H](C)C(=O)N(C)[C@@H]3CCS(=O)(=O)C3)o2)c1. The molecule has 2 aromatic rings. The maximum atomic E-state index is 12.6. The van der Waals surface area contributed by atoms with Crippen LogP contribution in [0.25, 0.3) is 11.5 Å². The number of thioether (sulfide) groups is 1. The fourth-order valence-corrected chi connectivity index (χ4v) is 5.78. The topological polar surface area (TPSA) is 93.4 Å². The van der Waals surface area contributed by atoms with Gasteiger partial charge in [-0.1, -0.05) is 29.0 Å². The molecule has 1 saturated heterocycles. The molecule has 1 aromatic carbocycles. The van der Waals surface area contributed by atoms with Gasteiger partial charge in [-0.15, -0.1) is 10.2 Å². The molecule has 7 nitrogen and oxygen atoms in total. The minimum absolute atomic E-state index is 0.0318. The van der Waals surface area contributed by atoms with Crippen LogP contribution < -0.4 is 0 Å². The Hall–Kier alpha value is -1.87. The van der Waals surface area contributed by atoms with Gasteiger partial charge in [0.25, 0.3) is 5.22 Å². The maximum absolute atomic E-state index is 12.6. The van der Waals surface area contributed by atoms with Crippen molar-refractivity contribution in [1.82, 2.24) is 15.1 Å². The molecule has 146 valence electrons. The zero-order valence-electron chi connectivity index (χ0n) is 15.8. The van der Waals surface area contributed by atoms with E-state index in [1.807, 2.05) is 26.0 Å². The predicted molar refractivity (Wildman–Crippen MR) is 104 cm³/mol. The highest BCUT2D eigenvalue weighted by Crippen LogP contribution is 2.28. The summed E-state index contributed by atoms with van der Waals surface area (Å²) in [6, 6.07) is 5.74. The van der Waals surface area contributed by atoms with Gasteiger partial charge in [0, 0.05) is 18.7 Å². The Kier molecular flexibility index (Phi) is 5.62. The fourth-order valence-electron chi connectivity index (χ4n) is 3.22. The molecule has 2 heterocycles. The van der Waals surface area contributed by atoms with Crippen LogP contribution in [0.15, 0.2) is 27.8 Å². The first-order chi connectivity index (χ1) is 12.6. The smallest absolute Gasteiger partial charge is 0.277 e. The molecular weight excluding hydrogens is 386 g/mol. The Balaban J connectivity index is 1.67. The molecule has 3 rings (SSSR count). The van der Waals surface area contributed by atoms with E-state index in [2.05, 4.69) is 16.3 Å². The zero-order valence-corrected chi connectivity index (χ0v) is 17.4. The van der Waals surface area contributed by atoms with Crippen LogP contribution in [0.5, 0.6) is 0 Å². The van der Waals surface area contributed by atoms with Crippen LogP contribution in [0, 0.1) is 13.8 Å². The summed E-state index contributed by atoms with van der Waals surface area (Å²) in [5, 5.41) is 7.98. The molecule has 1 aliphatic heterocycles. The van der Waals surface area contributed by atoms with E-state index in [-0.39, 0.29) is 23.5 Å². The molecule has 0 unspecified atom stereocenters. The Bertz CT molecular complexity index is 935. The highest BCUT2D eigenvalue weighted by molar-refractivity contribution is 8.00. The molecule has 0 aliphatic carbocycles. The number of nitrogens with zero attached hydrogens (tertiary/aromatic N) is 3. The van der Waals surface area contributed by atoms with Gasteiger partial charge in [0.05, 0.1) is 16.8 Å². The number of carbonyl (C=O) groups excluding carboxylic acids is 1. The third kappa shape index (κ3) is 4.70. The van der Waals surface area contributed by atoms with E-state index in [9.17, 15) is 13.2 Å². The molecule has 0 radical (unpaired) electrons. The first-order valence-electron chi connectivity index (χ1n) is 8.70. The number of hydrogen-bond donors (Lipinski definition) is 0. The first kappa shape index (κ1) is 19.9. The maximum Gasteiger partial charge on any atom is 0.277 e. The summed E-state index contributed by atoms with van der Waals surface area (Å²) in [6.07, 6.45) is 0.485. The van der Waals surface area contributed by atoms with Crippen molar-refractivity contribution in [3.63, 3.8) is 0 Å². The van der Waals surface area contributed by atoms with Gasteiger partial charge in [0.2, 0.25) is 11.8 Å². The number of aromatic nitrogens is 2. The second kappa shape index (κ2) is 7.63. The Morgan fingerprint density at radius 1 is 1.26 bits per heavy atom. The summed E-state index contributed by atoms with van der Waals surface area (Å²) in [6.45, 7) is 5.76. The third-order valence-corrected chi connectivity index (χ3v) is 7.28. The van der Waals surface area contributed by atoms with Gasteiger partial charge >= 0.3 is 0 Å². The molecule has 0 bridgehead atoms. The highest BCUT2D eigenvalue weighted by Gasteiger charge is 2.34. The molecule has 1 aliphatic rings. The molecule has 0 saturated carbocycles. The third-order valence-electron chi connectivity index (χ3n) is 4.60. The number of benzene rings is 1. The lowest BCUT2D eigenvalue weighted by Gasteiger charge is -2.25. The monoisotopic (exact) mass is 409 g/mol. The van der Waals surface area contributed by atoms with Crippen LogP contribution in [0.2, 0.25) is 0 Å². The van der Waals surface area contributed by atoms with Gasteiger partial charge in [0.15, 0.2) is 9.84 Å². The van der Waals surface area contributed by atoms with E-state index in [1.165, 1.54) is 16.7 Å². The lowest BCUT2D eigenvalue weighted by atomic mass is 10.1. The highest BCUT2D eigenvalue weighted by atomic mass is 32.2. The van der Waals surface area contributed by atoms with Gasteiger partial charge in [-0.2, -0.15) is 0 Å². The van der Waals surface area contributed by atoms with Gasteiger partial charge in [-0.3, -0.25) is 4.79 Å². The van der Waals surface area contributed by atoms with Gasteiger partial charge in [0.1, 0.15) is 0 Å². The molecule has 1 fully saturated rings. The summed E-state index contributed by atoms with van der Waals surface area (Å²) < 4.78 is 29.0. The number of hydrogen-bond acceptors (Lipinski definition) is 7. The molecule has 0 spiro atoms. The van der Waals surface area contributed by atoms with E-state index >= 15 is 0 Å². The summed E-state index contributed by atoms with van der Waals surface area (Å²) in [7, 11) is -1.38. The normalized spacial score (nSPS) is 19.8. The predicted octanol–water partition coefficient (Wildman–Crippen LogP) is 2.48. The Morgan fingerprint density at radius 3 is 2.52 bits per heavy atom. The van der Waals surface area contributed by atoms with Crippen LogP contribution in [0.3, 0.4) is 0 Å². The van der Waals surface area contributed by atoms with Crippen LogP contribution in [-0.2, 0) is 14.6 Å². The van der Waals surface area contributed by atoms with Gasteiger partial charge in [-0.25, -0.2) is 8.42 Å². The summed E-state index contributed by atoms with van der Waals surface area (Å²) >= 11 is 1.18. The lowest BCUT2D eigenvalue weighted by Crippen LogP contribution is -2.41. The molecule has 1 aromatic heterocycles. The second-order valence-corrected chi connectivity index (χ2v) is 10.5. The molecule has 2 atom stereocenters. The summed E-state index contributed by atoms with van der Waals surface area (Å²) in [5.74, 6) is 0.441. The number of sulfone groups is 1. The minimum atomic E-state index is -3.03. The molecule has 1 amide bonds. The Morgan fingerprint density at radius 2 is 1.93 bits per heavy atom. The van der Waals surface area contributed by atoms with E-state index < -0.39 is 15.1 Å². The molecule has 9 heteroatoms. The second-order valence-electron chi connectivity index (χ2n) is 7.02. The molecular formula is C18H23N3O4S2. The van der Waals surface area contributed by atoms with Crippen LogP contribution in [0.4, 0.5) is 0 Å². The average molecular weight is 410 g/mol. The van der Waals surface area contributed by atoms with Crippen molar-refractivity contribution < 1.29 is 17.6 Å². The van der Waals surface area contributed by atoms with Crippen molar-refractivity contribution in [3.8, 4) is 11.5 Å². The fraction of sp³-hybridized carbons (Fsp3) is 0.500. The minimum Gasteiger partial charge on any atom is -0.411 e. The summed E-state index contributed by atoms with van der Waals surface area (Å²) in [5.41, 5.74) is 3.06. The van der Waals surface area contributed by atoms with Crippen molar-refractivity contribution in [2.45, 2.75) is 43.7 Å². The summed E-state index contributed by atoms with van der Waals surface area (Å²) in [4.78, 5) is 14.2. The van der Waals surface area contributed by atoms with Gasteiger partial charge < -0.3 is 9.32 Å². The Labute approximate surface area is 163 Å². The van der Waals surface area contributed by atoms with Crippen LogP contribution in [-0.4, -0.2) is 59.3 Å². The largest absolute Gasteiger partial charge is 0.411 e. The van der Waals surface area contributed by atoms with E-state index in [0.717, 1.165) is 16.7 Å². The lowest BCUT2D eigenvalue weighted by molar-refractivity contribution is -0.130. The average Bonchev–Trinajstić information content (AvgIpc) is 3.19. The standard InChI is InChI=1S/C18H23N3O4S2/c1-11-7-12(2)9-14(8-11)16-19-20-18(25-16)26-13(3)17(22)21(4)15-5-6-27(23,24)10-15/h7-9,13,15H,5-6,10H2,1-4H3/t13-,15-/m1/s1. The van der Waals surface area contributed by atoms with Crippen LogP contribution >= 0.6 is 11.8 Å². The van der Waals surface area contributed by atoms with E-state index in [1.54, 1.807) is 14.0 Å². The van der Waals surface area contributed by atoms with Crippen molar-refractivity contribution in [2.24, 2.45) is 0 Å². The molecule has 27 heavy (non-hydrogen) atoms.